The number of sulfone groups is 1. The van der Waals surface area contributed by atoms with E-state index in [4.69, 9.17) is 4.74 Å². The van der Waals surface area contributed by atoms with E-state index in [1.54, 1.807) is 42.7 Å². The van der Waals surface area contributed by atoms with Gasteiger partial charge in [0.2, 0.25) is 5.91 Å². The van der Waals surface area contributed by atoms with Crippen LogP contribution in [-0.4, -0.2) is 34.2 Å². The average Bonchev–Trinajstić information content (AvgIpc) is 2.99. The summed E-state index contributed by atoms with van der Waals surface area (Å²) in [4.78, 5) is 14.6. The zero-order valence-electron chi connectivity index (χ0n) is 14.6. The van der Waals surface area contributed by atoms with Gasteiger partial charge in [-0.25, -0.2) is 8.42 Å². The molecule has 0 radical (unpaired) electrons. The smallest absolute Gasteiger partial charge is 0.220 e. The van der Waals surface area contributed by atoms with E-state index in [1.807, 2.05) is 19.1 Å². The molecule has 0 aliphatic heterocycles. The van der Waals surface area contributed by atoms with Crippen LogP contribution < -0.4 is 5.32 Å². The monoisotopic (exact) mass is 381 g/mol. The van der Waals surface area contributed by atoms with Crippen LogP contribution in [-0.2, 0) is 25.8 Å². The number of ether oxygens (including phenoxy) is 1. The van der Waals surface area contributed by atoms with Gasteiger partial charge in [0, 0.05) is 36.1 Å². The minimum absolute atomic E-state index is 0.0532. The second kappa shape index (κ2) is 8.60. The molecule has 0 unspecified atom stereocenters. The van der Waals surface area contributed by atoms with Crippen LogP contribution >= 0.6 is 11.3 Å². The van der Waals surface area contributed by atoms with Crippen molar-refractivity contribution >= 4 is 27.1 Å². The highest BCUT2D eigenvalue weighted by Crippen LogP contribution is 2.24. The summed E-state index contributed by atoms with van der Waals surface area (Å²) in [5.74, 6) is -0.0532. The van der Waals surface area contributed by atoms with Gasteiger partial charge in [-0.1, -0.05) is 12.1 Å². The molecule has 1 atom stereocenters. The maximum atomic E-state index is 12.0. The number of nitrogens with one attached hydrogen (secondary N) is 1. The molecule has 0 aliphatic rings. The lowest BCUT2D eigenvalue weighted by atomic mass is 10.1. The van der Waals surface area contributed by atoms with Crippen molar-refractivity contribution in [1.82, 2.24) is 5.32 Å². The lowest BCUT2D eigenvalue weighted by molar-refractivity contribution is -0.121. The summed E-state index contributed by atoms with van der Waals surface area (Å²) in [6.45, 7) is 2.47. The predicted molar refractivity (Wildman–Crippen MR) is 99.7 cm³/mol. The second-order valence-electron chi connectivity index (χ2n) is 5.89. The first-order valence-corrected chi connectivity index (χ1v) is 10.6. The lowest BCUT2D eigenvalue weighted by Crippen LogP contribution is -2.29. The molecule has 1 aromatic carbocycles. The average molecular weight is 382 g/mol. The lowest BCUT2D eigenvalue weighted by Gasteiger charge is -2.14. The fraction of sp³-hybridized carbons (Fsp3) is 0.389. The summed E-state index contributed by atoms with van der Waals surface area (Å²) in [6, 6.07) is 10.7. The van der Waals surface area contributed by atoms with Crippen molar-refractivity contribution in [3.05, 3.63) is 51.7 Å². The minimum Gasteiger partial charge on any atom is -0.374 e. The van der Waals surface area contributed by atoms with Gasteiger partial charge in [0.05, 0.1) is 4.90 Å². The van der Waals surface area contributed by atoms with Gasteiger partial charge in [0.1, 0.15) is 6.10 Å². The zero-order valence-corrected chi connectivity index (χ0v) is 16.2. The first kappa shape index (κ1) is 19.6. The highest BCUT2D eigenvalue weighted by Gasteiger charge is 2.14. The zero-order chi connectivity index (χ0) is 18.4. The Kier molecular flexibility index (Phi) is 6.75. The first-order valence-electron chi connectivity index (χ1n) is 7.94. The third-order valence-electron chi connectivity index (χ3n) is 3.84. The van der Waals surface area contributed by atoms with Crippen LogP contribution in [0.5, 0.6) is 0 Å². The number of rotatable bonds is 8. The van der Waals surface area contributed by atoms with Gasteiger partial charge < -0.3 is 10.1 Å². The number of hydrogen-bond donors (Lipinski definition) is 1. The molecule has 1 aromatic heterocycles. The number of carbonyl (C=O) groups excluding carboxylic acids is 1. The molecule has 1 N–H and O–H groups in total. The van der Waals surface area contributed by atoms with Crippen LogP contribution in [0.4, 0.5) is 0 Å². The molecule has 7 heteroatoms. The van der Waals surface area contributed by atoms with Crippen LogP contribution in [0.1, 0.15) is 27.8 Å². The van der Waals surface area contributed by atoms with Crippen LogP contribution in [0.2, 0.25) is 0 Å². The summed E-state index contributed by atoms with van der Waals surface area (Å²) in [5.41, 5.74) is 0.930. The van der Waals surface area contributed by atoms with Crippen molar-refractivity contribution in [3.63, 3.8) is 0 Å². The second-order valence-corrected chi connectivity index (χ2v) is 9.23. The van der Waals surface area contributed by atoms with Gasteiger partial charge >= 0.3 is 0 Å². The van der Waals surface area contributed by atoms with Crippen LogP contribution in [0.25, 0.3) is 0 Å². The molecule has 2 rings (SSSR count). The normalized spacial score (nSPS) is 12.8. The van der Waals surface area contributed by atoms with E-state index < -0.39 is 9.84 Å². The molecule has 25 heavy (non-hydrogen) atoms. The van der Waals surface area contributed by atoms with Crippen molar-refractivity contribution in [2.45, 2.75) is 30.8 Å². The number of aryl methyl sites for hydroxylation is 2. The number of methoxy groups -OCH3 is 1. The SMILES string of the molecule is CO[C@@H](CNC(=O)CCc1ccc(S(C)(=O)=O)cc1)c1ccc(C)s1. The Morgan fingerprint density at radius 3 is 2.40 bits per heavy atom. The van der Waals surface area contributed by atoms with Crippen LogP contribution in [0.3, 0.4) is 0 Å². The molecule has 1 heterocycles. The van der Waals surface area contributed by atoms with Gasteiger partial charge in [0.25, 0.3) is 0 Å². The van der Waals surface area contributed by atoms with E-state index in [1.165, 1.54) is 11.1 Å². The summed E-state index contributed by atoms with van der Waals surface area (Å²) in [6.07, 6.45) is 1.94. The van der Waals surface area contributed by atoms with Crippen LogP contribution in [0, 0.1) is 6.92 Å². The molecular formula is C18H23NO4S2. The fourth-order valence-electron chi connectivity index (χ4n) is 2.38. The molecule has 1 amide bonds. The van der Waals surface area contributed by atoms with Gasteiger partial charge in [-0.05, 0) is 43.2 Å². The van der Waals surface area contributed by atoms with Crippen molar-refractivity contribution in [2.24, 2.45) is 0 Å². The summed E-state index contributed by atoms with van der Waals surface area (Å²) < 4.78 is 28.3. The van der Waals surface area contributed by atoms with Crippen LogP contribution in [0.15, 0.2) is 41.3 Å². The molecule has 136 valence electrons. The molecule has 0 aliphatic carbocycles. The third-order valence-corrected chi connectivity index (χ3v) is 6.06. The van der Waals surface area contributed by atoms with Gasteiger partial charge in [0.15, 0.2) is 9.84 Å². The Bertz CT molecular complexity index is 810. The molecular weight excluding hydrogens is 358 g/mol. The molecule has 5 nitrogen and oxygen atoms in total. The molecule has 0 fully saturated rings. The quantitative estimate of drug-likeness (QED) is 0.763. The summed E-state index contributed by atoms with van der Waals surface area (Å²) in [5, 5.41) is 2.89. The number of amides is 1. The van der Waals surface area contributed by atoms with E-state index in [2.05, 4.69) is 5.32 Å². The van der Waals surface area contributed by atoms with Crippen molar-refractivity contribution in [3.8, 4) is 0 Å². The summed E-state index contributed by atoms with van der Waals surface area (Å²) in [7, 11) is -1.55. The topological polar surface area (TPSA) is 72.5 Å². The molecule has 0 saturated heterocycles. The van der Waals surface area contributed by atoms with E-state index >= 15 is 0 Å². The fourth-order valence-corrected chi connectivity index (χ4v) is 3.97. The molecule has 2 aromatic rings. The van der Waals surface area contributed by atoms with E-state index in [9.17, 15) is 13.2 Å². The highest BCUT2D eigenvalue weighted by atomic mass is 32.2. The highest BCUT2D eigenvalue weighted by molar-refractivity contribution is 7.90. The predicted octanol–water partition coefficient (Wildman–Crippen LogP) is 2.90. The number of carbonyl (C=O) groups is 1. The molecule has 0 bridgehead atoms. The third kappa shape index (κ3) is 5.95. The van der Waals surface area contributed by atoms with Gasteiger partial charge in [-0.3, -0.25) is 4.79 Å². The Labute approximate surface area is 152 Å². The Morgan fingerprint density at radius 2 is 1.88 bits per heavy atom. The molecule has 0 spiro atoms. The molecule has 0 saturated carbocycles. The van der Waals surface area contributed by atoms with E-state index in [-0.39, 0.29) is 16.9 Å². The van der Waals surface area contributed by atoms with Crippen molar-refractivity contribution in [1.29, 1.82) is 0 Å². The van der Waals surface area contributed by atoms with Gasteiger partial charge in [-0.15, -0.1) is 11.3 Å². The number of thiophene rings is 1. The van der Waals surface area contributed by atoms with Crippen molar-refractivity contribution < 1.29 is 17.9 Å². The largest absolute Gasteiger partial charge is 0.374 e. The Balaban J connectivity index is 1.82. The first-order chi connectivity index (χ1) is 11.8. The Morgan fingerprint density at radius 1 is 1.20 bits per heavy atom. The van der Waals surface area contributed by atoms with Crippen molar-refractivity contribution in [2.75, 3.05) is 19.9 Å². The number of hydrogen-bond acceptors (Lipinski definition) is 5. The minimum atomic E-state index is -3.19. The maximum absolute atomic E-state index is 12.0. The number of benzene rings is 1. The van der Waals surface area contributed by atoms with E-state index in [0.717, 1.165) is 10.4 Å². The standard InChI is InChI=1S/C18H23NO4S2/c1-13-4-10-17(24-13)16(23-2)12-19-18(20)11-7-14-5-8-15(9-6-14)25(3,21)22/h4-6,8-10,16H,7,11-12H2,1-3H3,(H,19,20)/t16-/m0/s1. The van der Waals surface area contributed by atoms with E-state index in [0.29, 0.717) is 19.4 Å². The summed E-state index contributed by atoms with van der Waals surface area (Å²) >= 11 is 1.66. The Hall–Kier alpha value is -1.70. The maximum Gasteiger partial charge on any atom is 0.220 e. The van der Waals surface area contributed by atoms with Gasteiger partial charge in [-0.2, -0.15) is 0 Å².